The van der Waals surface area contributed by atoms with E-state index in [1.165, 1.54) is 195 Å². The zero-order valence-corrected chi connectivity index (χ0v) is 101. The summed E-state index contributed by atoms with van der Waals surface area (Å²) in [7, 11) is -2.44. The Labute approximate surface area is 885 Å². The van der Waals surface area contributed by atoms with E-state index >= 15 is 0 Å². The van der Waals surface area contributed by atoms with Crippen molar-refractivity contribution < 1.29 is 287 Å². The van der Waals surface area contributed by atoms with Gasteiger partial charge in [-0.05, 0) is 93.0 Å². The van der Waals surface area contributed by atoms with Crippen LogP contribution in [0.3, 0.4) is 0 Å². The maximum atomic E-state index is 11.8. The van der Waals surface area contributed by atoms with Crippen LogP contribution in [0.5, 0.6) is 92.0 Å². The van der Waals surface area contributed by atoms with Crippen molar-refractivity contribution in [2.45, 2.75) is 0 Å². The SMILES string of the molecule is CS(C)=O.CS(C)=O.CS(C)=O.CS(C)=O.O.O.[O-]c1cccc(C=Nc2ccccc2N=Cc2cccc([O-])c2[O-])c1[O-].[O-]c1cccc(C=Nc2ccccc2N=Cc2cccc([O-])c2[O-])c1[O-].[O-]c1cccc(C=Nc2ccccc2N=Cc2cccc([O-])c2[O-])c1[O-].[O-]c1cccc(C=Nc2ccccc2N=Cc2cccc([O-])c2[O-])c1[O-].[OH3+].[OH3+].[OH3+].[OH3+].[Zn+2].[Zn+2].[Zn+2].[Zn+2].[Zn+2].[Zn+2].[Zn+2].[Zn+2]. The van der Waals surface area contributed by atoms with Crippen LogP contribution in [0.2, 0.25) is 0 Å². The third-order valence-corrected chi connectivity index (χ3v) is 14.3. The molecule has 0 unspecified atom stereocenters. The standard InChI is InChI=1S/4C20H16N2O4.4C2H6OS.6H2O.8Zn/c4*23-17-9-3-5-13(19(17)25)11-21-15-7-1-2-8-16(15)22-12-14-6-4-10-18(24)20(14)26;4*1-4(2)3;;;;;;;;;;;;;;/h4*1-12,23-26H;4*1-2H3;6*1H2;;;;;;;;/q;;;;;;;;;;;;;;8*+2/p-12. The van der Waals surface area contributed by atoms with E-state index in [0.717, 1.165) is 0 Å². The first-order valence-electron chi connectivity index (χ1n) is 34.6. The monoisotopic (exact) mass is 2310 g/mol. The minimum atomic E-state index is -0.625. The molecule has 0 spiro atoms. The first-order valence-corrected chi connectivity index (χ1v) is 42.5. The molecule has 34 nitrogen and oxygen atoms in total. The maximum absolute atomic E-state index is 11.8. The van der Waals surface area contributed by atoms with Crippen LogP contribution >= 0.6 is 0 Å². The third-order valence-electron chi connectivity index (χ3n) is 14.3. The van der Waals surface area contributed by atoms with Gasteiger partial charge in [-0.25, -0.2) is 0 Å². The topological polar surface area (TPSA) is 731 Å². The number of hydrogen-bond donors (Lipinski definition) is 0. The van der Waals surface area contributed by atoms with E-state index in [4.69, 9.17) is 0 Å². The van der Waals surface area contributed by atoms with E-state index in [-0.39, 0.29) is 233 Å². The van der Waals surface area contributed by atoms with Crippen LogP contribution in [-0.2, 0) is 221 Å². The molecule has 46 heteroatoms. The van der Waals surface area contributed by atoms with Gasteiger partial charge in [0.2, 0.25) is 0 Å². The van der Waals surface area contributed by atoms with Crippen molar-refractivity contribution in [2.75, 3.05) is 50.0 Å². The Morgan fingerprint density at radius 1 is 0.172 bits per heavy atom. The first-order chi connectivity index (χ1) is 57.2. The van der Waals surface area contributed by atoms with Gasteiger partial charge in [0.25, 0.3) is 0 Å². The predicted molar refractivity (Wildman–Crippen MR) is 473 cm³/mol. The Balaban J connectivity index is -0.000000175. The van der Waals surface area contributed by atoms with Crippen LogP contribution in [0.15, 0.2) is 283 Å². The minimum Gasteiger partial charge on any atom is -0.873 e. The van der Waals surface area contributed by atoms with E-state index in [9.17, 15) is 98.5 Å². The molecule has 672 valence electrons. The molecule has 0 amide bonds. The van der Waals surface area contributed by atoms with Crippen molar-refractivity contribution in [2.24, 2.45) is 39.9 Å². The summed E-state index contributed by atoms with van der Waals surface area (Å²) in [6, 6.07) is 60.8. The van der Waals surface area contributed by atoms with Gasteiger partial charge in [0.05, 0.1) is 45.5 Å². The van der Waals surface area contributed by atoms with Crippen molar-refractivity contribution in [3.63, 3.8) is 0 Å². The molecule has 0 aliphatic rings. The summed E-state index contributed by atoms with van der Waals surface area (Å²) in [6.07, 6.45) is 23.5. The van der Waals surface area contributed by atoms with Gasteiger partial charge in [-0.15, -0.1) is 92.0 Å². The van der Waals surface area contributed by atoms with Crippen LogP contribution < -0.4 is 81.7 Å². The zero-order chi connectivity index (χ0) is 88.4. The van der Waals surface area contributed by atoms with Crippen LogP contribution in [-0.4, -0.2) is 128 Å². The smallest absolute Gasteiger partial charge is 0.873 e. The van der Waals surface area contributed by atoms with Crippen LogP contribution in [0, 0.1) is 0 Å². The zero-order valence-electron chi connectivity index (χ0n) is 74.1. The van der Waals surface area contributed by atoms with Crippen molar-refractivity contribution in [3.8, 4) is 92.0 Å². The molecule has 0 aromatic heterocycles. The maximum Gasteiger partial charge on any atom is 2.00 e. The van der Waals surface area contributed by atoms with Crippen molar-refractivity contribution in [1.82, 2.24) is 0 Å². The Bertz CT molecular complexity index is 4800. The number of benzene rings is 12. The third kappa shape index (κ3) is 51.7. The fraction of sp³-hybridized carbons (Fsp3) is 0.0909. The predicted octanol–water partition coefficient (Wildman–Crippen LogP) is 0.551. The molecule has 0 aliphatic carbocycles. The van der Waals surface area contributed by atoms with Gasteiger partial charge in [0, 0.05) is 143 Å². The normalized spacial score (nSPS) is 9.88. The number of rotatable bonds is 16. The van der Waals surface area contributed by atoms with Gasteiger partial charge in [0.1, 0.15) is 0 Å². The Kier molecular flexibility index (Phi) is 83.4. The molecule has 12 rings (SSSR count). The van der Waals surface area contributed by atoms with Gasteiger partial charge < -0.3 is 115 Å². The molecule has 134 heavy (non-hydrogen) atoms. The van der Waals surface area contributed by atoms with Gasteiger partial charge in [0.15, 0.2) is 0 Å². The Morgan fingerprint density at radius 2 is 0.254 bits per heavy atom. The summed E-state index contributed by atoms with van der Waals surface area (Å²) < 4.78 is 38.2. The average molecular weight is 2330 g/mol. The van der Waals surface area contributed by atoms with Crippen molar-refractivity contribution >= 4 is 138 Å². The molecular weight excluding hydrogens is 2240 g/mol. The molecular formula is C88H88N8O26S4Zn8+4. The number of aliphatic imine (C=N–C) groups is 8. The van der Waals surface area contributed by atoms with Crippen LogP contribution in [0.1, 0.15) is 44.5 Å². The fourth-order valence-electron chi connectivity index (χ4n) is 8.92. The van der Waals surface area contributed by atoms with Crippen LogP contribution in [0.4, 0.5) is 45.5 Å². The van der Waals surface area contributed by atoms with Gasteiger partial charge >= 0.3 is 156 Å². The molecule has 0 saturated heterocycles. The summed E-state index contributed by atoms with van der Waals surface area (Å²) in [5.74, 6) is -9.77. The quantitative estimate of drug-likeness (QED) is 0.0724. The summed E-state index contributed by atoms with van der Waals surface area (Å²) in [5, 5.41) is 185. The van der Waals surface area contributed by atoms with E-state index in [2.05, 4.69) is 39.9 Å². The molecule has 0 saturated carbocycles. The number of hydrogen-bond acceptors (Lipinski definition) is 28. The number of nitrogens with zero attached hydrogens (tertiary/aromatic N) is 8. The molecule has 0 bridgehead atoms. The summed E-state index contributed by atoms with van der Waals surface area (Å²) in [4.78, 5) is 33.7. The van der Waals surface area contributed by atoms with Crippen LogP contribution in [0.25, 0.3) is 0 Å². The molecule has 12 aromatic rings. The summed E-state index contributed by atoms with van der Waals surface area (Å²) in [5.41, 5.74) is 5.02. The van der Waals surface area contributed by atoms with Gasteiger partial charge in [-0.3, -0.25) is 56.8 Å². The molecule has 0 aliphatic heterocycles. The Hall–Kier alpha value is -9.85. The van der Waals surface area contributed by atoms with E-state index in [1.807, 2.05) is 0 Å². The average Bonchev–Trinajstić information content (AvgIpc) is 0.847. The van der Waals surface area contributed by atoms with Gasteiger partial charge in [-0.1, -0.05) is 194 Å². The molecule has 0 heterocycles. The molecule has 16 N–H and O–H groups in total. The van der Waals surface area contributed by atoms with Crippen molar-refractivity contribution in [3.05, 3.63) is 287 Å². The molecule has 0 fully saturated rings. The minimum absolute atomic E-state index is 0. The fourth-order valence-corrected chi connectivity index (χ4v) is 8.92. The second kappa shape index (κ2) is 77.3. The van der Waals surface area contributed by atoms with E-state index < -0.39 is 135 Å². The molecule has 0 atom stereocenters. The molecule has 12 aromatic carbocycles. The molecule has 0 radical (unpaired) electrons. The second-order valence-electron chi connectivity index (χ2n) is 24.4. The van der Waals surface area contributed by atoms with Crippen molar-refractivity contribution in [1.29, 1.82) is 0 Å². The number of para-hydroxylation sites is 16. The van der Waals surface area contributed by atoms with Gasteiger partial charge in [-0.2, -0.15) is 0 Å². The largest absolute Gasteiger partial charge is 2.00 e. The first kappa shape index (κ1) is 144. The summed E-state index contributed by atoms with van der Waals surface area (Å²) >= 11 is 0. The second-order valence-corrected chi connectivity index (χ2v) is 30.3. The van der Waals surface area contributed by atoms with E-state index in [0.29, 0.717) is 45.5 Å². The summed E-state index contributed by atoms with van der Waals surface area (Å²) in [6.45, 7) is 0. The van der Waals surface area contributed by atoms with E-state index in [1.54, 1.807) is 147 Å². The Morgan fingerprint density at radius 3 is 0.336 bits per heavy atom.